The van der Waals surface area contributed by atoms with E-state index in [1.807, 2.05) is 6.92 Å². The number of nitrogens with one attached hydrogen (secondary N) is 1. The average molecular weight is 352 g/mol. The van der Waals surface area contributed by atoms with Gasteiger partial charge in [-0.1, -0.05) is 49.1 Å². The average Bonchev–Trinajstić information content (AvgIpc) is 2.87. The second-order valence-electron chi connectivity index (χ2n) is 7.16. The van der Waals surface area contributed by atoms with Crippen LogP contribution in [0.2, 0.25) is 5.15 Å². The third kappa shape index (κ3) is 3.54. The Bertz CT molecular complexity index is 624. The molecule has 0 saturated heterocycles. The Kier molecular flexibility index (Phi) is 4.93. The minimum Gasteiger partial charge on any atom is -0.301 e. The van der Waals surface area contributed by atoms with Crippen LogP contribution in [-0.2, 0) is 4.79 Å². The maximum absolute atomic E-state index is 12.5. The Hall–Kier alpha value is -1.12. The van der Waals surface area contributed by atoms with E-state index in [-0.39, 0.29) is 11.3 Å². The summed E-state index contributed by atoms with van der Waals surface area (Å²) in [7, 11) is 0. The van der Waals surface area contributed by atoms with E-state index in [4.69, 9.17) is 16.9 Å². The van der Waals surface area contributed by atoms with E-state index in [9.17, 15) is 4.79 Å². The van der Waals surface area contributed by atoms with Crippen molar-refractivity contribution in [3.63, 3.8) is 0 Å². The quantitative estimate of drug-likeness (QED) is 0.819. The molecule has 1 aromatic heterocycles. The Labute approximate surface area is 146 Å². The highest BCUT2D eigenvalue weighted by molar-refractivity contribution is 7.16. The zero-order valence-corrected chi connectivity index (χ0v) is 15.0. The van der Waals surface area contributed by atoms with Gasteiger partial charge in [0.1, 0.15) is 5.15 Å². The first-order valence-electron chi connectivity index (χ1n) is 8.36. The van der Waals surface area contributed by atoms with Crippen LogP contribution in [0.15, 0.2) is 0 Å². The van der Waals surface area contributed by atoms with Crippen LogP contribution >= 0.6 is 22.9 Å². The first-order chi connectivity index (χ1) is 11.0. The molecule has 0 aliphatic heterocycles. The highest BCUT2D eigenvalue weighted by atomic mass is 35.5. The van der Waals surface area contributed by atoms with Gasteiger partial charge in [0, 0.05) is 16.7 Å². The number of hydrogen-bond acceptors (Lipinski definition) is 4. The van der Waals surface area contributed by atoms with Gasteiger partial charge in [-0.15, -0.1) is 0 Å². The predicted octanol–water partition coefficient (Wildman–Crippen LogP) is 5.11. The lowest BCUT2D eigenvalue weighted by atomic mass is 9.62. The number of thiazole rings is 1. The summed E-state index contributed by atoms with van der Waals surface area (Å²) in [5.41, 5.74) is -0.370. The van der Waals surface area contributed by atoms with Crippen LogP contribution in [0, 0.1) is 22.7 Å². The van der Waals surface area contributed by atoms with E-state index in [0.717, 1.165) is 17.7 Å². The molecular weight excluding hydrogens is 330 g/mol. The number of nitrogens with zero attached hydrogens (tertiary/aromatic N) is 2. The smallest absolute Gasteiger partial charge is 0.232 e. The lowest BCUT2D eigenvalue weighted by molar-refractivity contribution is -0.131. The molecule has 0 bridgehead atoms. The molecule has 2 aliphatic rings. The zero-order chi connectivity index (χ0) is 16.4. The standard InChI is InChI=1S/C17H22ClN3OS/c1-17(9-11(10-17)7-8-19)15(22)21-16-20-14(18)13(23-16)12-5-3-2-4-6-12/h11-12H,2-7,9-10H2,1H3,(H,20,21,22). The van der Waals surface area contributed by atoms with Crippen LogP contribution in [0.25, 0.3) is 0 Å². The number of anilines is 1. The Balaban J connectivity index is 1.62. The van der Waals surface area contributed by atoms with Crippen molar-refractivity contribution in [2.45, 2.75) is 64.2 Å². The third-order valence-corrected chi connectivity index (χ3v) is 6.75. The fourth-order valence-electron chi connectivity index (χ4n) is 3.90. The molecule has 2 aliphatic carbocycles. The summed E-state index contributed by atoms with van der Waals surface area (Å²) >= 11 is 7.83. The third-order valence-electron chi connectivity index (χ3n) is 5.21. The minimum atomic E-state index is -0.370. The van der Waals surface area contributed by atoms with Crippen LogP contribution in [0.1, 0.15) is 69.1 Å². The second-order valence-corrected chi connectivity index (χ2v) is 8.55. The molecule has 4 nitrogen and oxygen atoms in total. The summed E-state index contributed by atoms with van der Waals surface area (Å²) in [4.78, 5) is 18.0. The molecule has 3 rings (SSSR count). The van der Waals surface area contributed by atoms with Gasteiger partial charge in [0.2, 0.25) is 5.91 Å². The van der Waals surface area contributed by atoms with Gasteiger partial charge in [0.25, 0.3) is 0 Å². The molecule has 0 unspecified atom stereocenters. The SMILES string of the molecule is CC1(C(=O)Nc2nc(Cl)c(C3CCCCC3)s2)CC(CC#N)C1. The Morgan fingerprint density at radius 3 is 2.78 bits per heavy atom. The maximum atomic E-state index is 12.5. The predicted molar refractivity (Wildman–Crippen MR) is 92.6 cm³/mol. The molecule has 1 amide bonds. The molecule has 124 valence electrons. The molecule has 6 heteroatoms. The molecule has 1 aromatic rings. The van der Waals surface area contributed by atoms with Crippen molar-refractivity contribution < 1.29 is 4.79 Å². The van der Waals surface area contributed by atoms with Crippen LogP contribution in [0.4, 0.5) is 5.13 Å². The van der Waals surface area contributed by atoms with E-state index in [0.29, 0.717) is 28.5 Å². The molecule has 1 heterocycles. The van der Waals surface area contributed by atoms with Gasteiger partial charge >= 0.3 is 0 Å². The largest absolute Gasteiger partial charge is 0.301 e. The molecule has 23 heavy (non-hydrogen) atoms. The van der Waals surface area contributed by atoms with Crippen molar-refractivity contribution >= 4 is 34.0 Å². The molecule has 1 N–H and O–H groups in total. The monoisotopic (exact) mass is 351 g/mol. The van der Waals surface area contributed by atoms with Gasteiger partial charge in [-0.25, -0.2) is 4.98 Å². The topological polar surface area (TPSA) is 65.8 Å². The van der Waals surface area contributed by atoms with E-state index >= 15 is 0 Å². The van der Waals surface area contributed by atoms with Crippen LogP contribution < -0.4 is 5.32 Å². The second kappa shape index (κ2) is 6.78. The molecule has 0 spiro atoms. The first kappa shape index (κ1) is 16.7. The fourth-order valence-corrected chi connectivity index (χ4v) is 5.33. The number of amides is 1. The van der Waals surface area contributed by atoms with E-state index in [1.54, 1.807) is 0 Å². The lowest BCUT2D eigenvalue weighted by Crippen LogP contribution is -2.44. The van der Waals surface area contributed by atoms with Gasteiger partial charge in [0.15, 0.2) is 5.13 Å². The van der Waals surface area contributed by atoms with Gasteiger partial charge in [-0.3, -0.25) is 4.79 Å². The van der Waals surface area contributed by atoms with E-state index < -0.39 is 0 Å². The lowest BCUT2D eigenvalue weighted by Gasteiger charge is -2.42. The summed E-state index contributed by atoms with van der Waals surface area (Å²) in [6, 6.07) is 2.18. The summed E-state index contributed by atoms with van der Waals surface area (Å²) in [5, 5.41) is 12.8. The molecular formula is C17H22ClN3OS. The van der Waals surface area contributed by atoms with Crippen LogP contribution in [-0.4, -0.2) is 10.9 Å². The number of rotatable bonds is 4. The van der Waals surface area contributed by atoms with Crippen molar-refractivity contribution in [2.24, 2.45) is 11.3 Å². The summed E-state index contributed by atoms with van der Waals surface area (Å²) in [6.07, 6.45) is 8.24. The minimum absolute atomic E-state index is 0.00676. The number of aromatic nitrogens is 1. The Morgan fingerprint density at radius 2 is 2.13 bits per heavy atom. The molecule has 2 fully saturated rings. The van der Waals surface area contributed by atoms with Crippen LogP contribution in [0.5, 0.6) is 0 Å². The molecule has 0 atom stereocenters. The van der Waals surface area contributed by atoms with Gasteiger partial charge in [0.05, 0.1) is 6.07 Å². The number of carbonyl (C=O) groups excluding carboxylic acids is 1. The molecule has 0 radical (unpaired) electrons. The number of hydrogen-bond donors (Lipinski definition) is 1. The fraction of sp³-hybridized carbons (Fsp3) is 0.706. The highest BCUT2D eigenvalue weighted by Crippen LogP contribution is 2.48. The first-order valence-corrected chi connectivity index (χ1v) is 9.56. The van der Waals surface area contributed by atoms with E-state index in [1.165, 1.54) is 43.4 Å². The van der Waals surface area contributed by atoms with Crippen molar-refractivity contribution in [3.8, 4) is 6.07 Å². The zero-order valence-electron chi connectivity index (χ0n) is 13.4. The maximum Gasteiger partial charge on any atom is 0.232 e. The van der Waals surface area contributed by atoms with Crippen molar-refractivity contribution in [3.05, 3.63) is 10.0 Å². The number of carbonyl (C=O) groups is 1. The Morgan fingerprint density at radius 1 is 1.43 bits per heavy atom. The van der Waals surface area contributed by atoms with Gasteiger partial charge < -0.3 is 5.32 Å². The summed E-state index contributed by atoms with van der Waals surface area (Å²) in [6.45, 7) is 1.97. The normalized spacial score (nSPS) is 28.0. The summed E-state index contributed by atoms with van der Waals surface area (Å²) < 4.78 is 0. The number of halogens is 1. The number of nitriles is 1. The van der Waals surface area contributed by atoms with E-state index in [2.05, 4.69) is 16.4 Å². The molecule has 2 saturated carbocycles. The van der Waals surface area contributed by atoms with Crippen molar-refractivity contribution in [2.75, 3.05) is 5.32 Å². The van der Waals surface area contributed by atoms with Crippen molar-refractivity contribution in [1.82, 2.24) is 4.98 Å². The van der Waals surface area contributed by atoms with Crippen molar-refractivity contribution in [1.29, 1.82) is 5.26 Å². The highest BCUT2D eigenvalue weighted by Gasteiger charge is 2.46. The van der Waals surface area contributed by atoms with Gasteiger partial charge in [-0.2, -0.15) is 5.26 Å². The molecule has 0 aromatic carbocycles. The van der Waals surface area contributed by atoms with Crippen LogP contribution in [0.3, 0.4) is 0 Å². The van der Waals surface area contributed by atoms with Gasteiger partial charge in [-0.05, 0) is 37.5 Å². The summed E-state index contributed by atoms with van der Waals surface area (Å²) in [5.74, 6) is 0.861.